The number of carbonyl (C=O) groups excluding carboxylic acids is 1. The summed E-state index contributed by atoms with van der Waals surface area (Å²) in [6, 6.07) is 2.35. The number of hydrogen-bond acceptors (Lipinski definition) is 3. The Balaban J connectivity index is 0.000000670. The molecular weight excluding hydrogens is 346 g/mol. The van der Waals surface area contributed by atoms with Gasteiger partial charge in [0.1, 0.15) is 6.10 Å². The van der Waals surface area contributed by atoms with E-state index < -0.39 is 5.41 Å². The maximum atomic E-state index is 12.1. The number of unbranched alkanes of at least 4 members (excludes halogenated alkanes) is 2. The number of nitriles is 1. The van der Waals surface area contributed by atoms with Crippen molar-refractivity contribution in [1.82, 2.24) is 0 Å². The summed E-state index contributed by atoms with van der Waals surface area (Å²) >= 11 is 0. The van der Waals surface area contributed by atoms with Gasteiger partial charge in [0.2, 0.25) is 0 Å². The molecule has 3 unspecified atom stereocenters. The van der Waals surface area contributed by atoms with Gasteiger partial charge in [-0.15, -0.1) is 0 Å². The van der Waals surface area contributed by atoms with E-state index in [1.165, 1.54) is 32.1 Å². The zero-order valence-corrected chi connectivity index (χ0v) is 19.7. The molecule has 3 atom stereocenters. The fourth-order valence-electron chi connectivity index (χ4n) is 4.00. The summed E-state index contributed by atoms with van der Waals surface area (Å²) in [5.41, 5.74) is -0.489. The van der Waals surface area contributed by atoms with Crippen LogP contribution in [0.15, 0.2) is 0 Å². The summed E-state index contributed by atoms with van der Waals surface area (Å²) in [6.07, 6.45) is 15.3. The van der Waals surface area contributed by atoms with Gasteiger partial charge in [-0.3, -0.25) is 4.79 Å². The molecule has 2 fully saturated rings. The number of nitrogens with zero attached hydrogens (tertiary/aromatic N) is 1. The highest BCUT2D eigenvalue weighted by Crippen LogP contribution is 2.38. The van der Waals surface area contributed by atoms with E-state index in [1.807, 2.05) is 27.7 Å². The van der Waals surface area contributed by atoms with E-state index >= 15 is 0 Å². The van der Waals surface area contributed by atoms with Crippen LogP contribution in [0, 0.1) is 28.6 Å². The van der Waals surface area contributed by atoms with E-state index in [4.69, 9.17) is 4.74 Å². The Labute approximate surface area is 175 Å². The monoisotopic (exact) mass is 393 g/mol. The minimum Gasteiger partial charge on any atom is -0.460 e. The maximum absolute atomic E-state index is 12.1. The topological polar surface area (TPSA) is 50.1 Å². The van der Waals surface area contributed by atoms with Crippen molar-refractivity contribution in [3.05, 3.63) is 0 Å². The number of esters is 1. The first-order valence-electron chi connectivity index (χ1n) is 12.0. The molecular formula is C25H47NO2. The molecule has 2 saturated carbocycles. The van der Waals surface area contributed by atoms with E-state index in [0.717, 1.165) is 57.3 Å². The molecule has 2 rings (SSSR count). The van der Waals surface area contributed by atoms with Crippen LogP contribution in [-0.4, -0.2) is 12.1 Å². The Hall–Kier alpha value is -1.04. The van der Waals surface area contributed by atoms with Gasteiger partial charge >= 0.3 is 5.97 Å². The molecule has 3 nitrogen and oxygen atoms in total. The van der Waals surface area contributed by atoms with E-state index in [9.17, 15) is 10.1 Å². The molecule has 0 aliphatic heterocycles. The summed E-state index contributed by atoms with van der Waals surface area (Å²) in [4.78, 5) is 12.1. The van der Waals surface area contributed by atoms with Gasteiger partial charge in [0.15, 0.2) is 0 Å². The highest BCUT2D eigenvalue weighted by Gasteiger charge is 2.40. The Kier molecular flexibility index (Phi) is 15.2. The minimum absolute atomic E-state index is 0.0450. The number of rotatable bonds is 6. The fraction of sp³-hybridized carbons (Fsp3) is 0.920. The first kappa shape index (κ1) is 27.0. The van der Waals surface area contributed by atoms with Gasteiger partial charge < -0.3 is 4.74 Å². The normalized spacial score (nSPS) is 25.8. The molecule has 0 heterocycles. The molecule has 28 heavy (non-hydrogen) atoms. The Morgan fingerprint density at radius 2 is 1.71 bits per heavy atom. The van der Waals surface area contributed by atoms with Crippen molar-refractivity contribution >= 4 is 5.97 Å². The number of ether oxygens (including phenoxy) is 1. The lowest BCUT2D eigenvalue weighted by Crippen LogP contribution is -2.39. The van der Waals surface area contributed by atoms with Gasteiger partial charge in [0.05, 0.1) is 17.4 Å². The maximum Gasteiger partial charge on any atom is 0.308 e. The third kappa shape index (κ3) is 10.5. The average Bonchev–Trinajstić information content (AvgIpc) is 2.72. The quantitative estimate of drug-likeness (QED) is 0.341. The van der Waals surface area contributed by atoms with Gasteiger partial charge in [0, 0.05) is 0 Å². The fourth-order valence-corrected chi connectivity index (χ4v) is 4.00. The van der Waals surface area contributed by atoms with Gasteiger partial charge in [-0.2, -0.15) is 5.26 Å². The standard InChI is InChI=1S/C16H27NO2.C7H14.C2H6/c1-4-5-6-9-13(2)15(18)19-14-10-7-8-11-16(14,3)12-17;1-7-5-3-2-4-6-7;1-2/h13-14H,4-11H2,1-3H3;7H,2-6H2,1H3;1-2H3. The van der Waals surface area contributed by atoms with Gasteiger partial charge in [-0.1, -0.05) is 92.4 Å². The zero-order chi connectivity index (χ0) is 21.4. The third-order valence-electron chi connectivity index (χ3n) is 6.17. The molecule has 0 amide bonds. The Morgan fingerprint density at radius 3 is 2.21 bits per heavy atom. The van der Waals surface area contributed by atoms with E-state index in [0.29, 0.717) is 0 Å². The Morgan fingerprint density at radius 1 is 1.11 bits per heavy atom. The SMILES string of the molecule is CC.CC1CCCCC1.CCCCCC(C)C(=O)OC1CCCCC1(C)C#N. The summed E-state index contributed by atoms with van der Waals surface area (Å²) in [7, 11) is 0. The van der Waals surface area contributed by atoms with Crippen molar-refractivity contribution in [3.63, 3.8) is 0 Å². The molecule has 0 saturated heterocycles. The van der Waals surface area contributed by atoms with Crippen LogP contribution in [0.2, 0.25) is 0 Å². The van der Waals surface area contributed by atoms with E-state index in [1.54, 1.807) is 0 Å². The molecule has 0 aromatic heterocycles. The third-order valence-corrected chi connectivity index (χ3v) is 6.17. The molecule has 2 aliphatic rings. The van der Waals surface area contributed by atoms with Crippen LogP contribution in [-0.2, 0) is 9.53 Å². The van der Waals surface area contributed by atoms with Crippen LogP contribution >= 0.6 is 0 Å². The second-order valence-corrected chi connectivity index (χ2v) is 8.84. The van der Waals surface area contributed by atoms with Crippen molar-refractivity contribution in [2.24, 2.45) is 17.3 Å². The van der Waals surface area contributed by atoms with Crippen LogP contribution in [0.1, 0.15) is 125 Å². The highest BCUT2D eigenvalue weighted by atomic mass is 16.5. The lowest BCUT2D eigenvalue weighted by molar-refractivity contribution is -0.160. The van der Waals surface area contributed by atoms with Crippen LogP contribution in [0.3, 0.4) is 0 Å². The van der Waals surface area contributed by atoms with Gasteiger partial charge in [0.25, 0.3) is 0 Å². The van der Waals surface area contributed by atoms with Crippen molar-refractivity contribution in [2.75, 3.05) is 0 Å². The van der Waals surface area contributed by atoms with E-state index in [-0.39, 0.29) is 18.0 Å². The number of hydrogen-bond donors (Lipinski definition) is 0. The molecule has 0 bridgehead atoms. The predicted octanol–water partition coefficient (Wildman–Crippen LogP) is 7.83. The summed E-state index contributed by atoms with van der Waals surface area (Å²) in [6.45, 7) is 12.4. The lowest BCUT2D eigenvalue weighted by atomic mass is 9.74. The minimum atomic E-state index is -0.489. The van der Waals surface area contributed by atoms with Crippen LogP contribution in [0.5, 0.6) is 0 Å². The van der Waals surface area contributed by atoms with E-state index in [2.05, 4.69) is 19.9 Å². The van der Waals surface area contributed by atoms with Crippen LogP contribution < -0.4 is 0 Å². The second kappa shape index (κ2) is 15.8. The zero-order valence-electron chi connectivity index (χ0n) is 19.7. The smallest absolute Gasteiger partial charge is 0.308 e. The predicted molar refractivity (Wildman–Crippen MR) is 119 cm³/mol. The first-order chi connectivity index (χ1) is 13.4. The molecule has 0 radical (unpaired) electrons. The highest BCUT2D eigenvalue weighted by molar-refractivity contribution is 5.72. The molecule has 0 aromatic rings. The van der Waals surface area contributed by atoms with Crippen LogP contribution in [0.25, 0.3) is 0 Å². The lowest BCUT2D eigenvalue weighted by Gasteiger charge is -2.35. The van der Waals surface area contributed by atoms with Crippen molar-refractivity contribution in [3.8, 4) is 6.07 Å². The van der Waals surface area contributed by atoms with Crippen LogP contribution in [0.4, 0.5) is 0 Å². The molecule has 3 heteroatoms. The average molecular weight is 394 g/mol. The Bertz CT molecular complexity index is 436. The largest absolute Gasteiger partial charge is 0.460 e. The molecule has 164 valence electrons. The van der Waals surface area contributed by atoms with Crippen molar-refractivity contribution < 1.29 is 9.53 Å². The molecule has 0 spiro atoms. The number of carbonyl (C=O) groups is 1. The van der Waals surface area contributed by atoms with Crippen molar-refractivity contribution in [2.45, 2.75) is 131 Å². The molecule has 2 aliphatic carbocycles. The first-order valence-corrected chi connectivity index (χ1v) is 12.0. The second-order valence-electron chi connectivity index (χ2n) is 8.84. The molecule has 0 N–H and O–H groups in total. The van der Waals surface area contributed by atoms with Crippen molar-refractivity contribution in [1.29, 1.82) is 5.26 Å². The van der Waals surface area contributed by atoms with Gasteiger partial charge in [-0.25, -0.2) is 0 Å². The van der Waals surface area contributed by atoms with Gasteiger partial charge in [-0.05, 0) is 38.5 Å². The summed E-state index contributed by atoms with van der Waals surface area (Å²) in [5, 5.41) is 9.30. The summed E-state index contributed by atoms with van der Waals surface area (Å²) < 4.78 is 5.63. The molecule has 0 aromatic carbocycles. The summed E-state index contributed by atoms with van der Waals surface area (Å²) in [5.74, 6) is 0.870.